The fourth-order valence-electron chi connectivity index (χ4n) is 1.43. The average molecular weight is 303 g/mol. The van der Waals surface area contributed by atoms with Gasteiger partial charge in [-0.1, -0.05) is 11.6 Å². The summed E-state index contributed by atoms with van der Waals surface area (Å²) in [7, 11) is 1.47. The molecule has 0 heterocycles. The Bertz CT molecular complexity index is 495. The summed E-state index contributed by atoms with van der Waals surface area (Å²) in [5, 5.41) is 22.5. The molecule has 1 aromatic rings. The Morgan fingerprint density at radius 2 is 2.15 bits per heavy atom. The minimum atomic E-state index is -1.23. The molecule has 110 valence electrons. The molecule has 1 aromatic carbocycles. The first-order chi connectivity index (χ1) is 9.47. The first kappa shape index (κ1) is 16.1. The highest BCUT2D eigenvalue weighted by atomic mass is 35.5. The molecule has 0 aliphatic rings. The van der Waals surface area contributed by atoms with Gasteiger partial charge in [-0.15, -0.1) is 0 Å². The van der Waals surface area contributed by atoms with Crippen LogP contribution in [0.2, 0.25) is 5.02 Å². The predicted molar refractivity (Wildman–Crippen MR) is 73.3 cm³/mol. The quantitative estimate of drug-likeness (QED) is 0.633. The maximum absolute atomic E-state index is 11.7. The monoisotopic (exact) mass is 302 g/mol. The smallest absolute Gasteiger partial charge is 0.326 e. The lowest BCUT2D eigenvalue weighted by atomic mass is 10.2. The van der Waals surface area contributed by atoms with Gasteiger partial charge in [0.1, 0.15) is 11.8 Å². The van der Waals surface area contributed by atoms with Gasteiger partial charge in [-0.05, 0) is 12.1 Å². The lowest BCUT2D eigenvalue weighted by Gasteiger charge is -2.15. The van der Waals surface area contributed by atoms with Crippen LogP contribution in [0.1, 0.15) is 6.42 Å². The zero-order valence-electron chi connectivity index (χ0n) is 10.7. The standard InChI is InChI=1S/C12H15ClN2O5/c1-20-7-2-3-8(13)10(6-7)15-12(19)14-9(4-5-16)11(17)18/h2-3,6,9,16H,4-5H2,1H3,(H,17,18)(H2,14,15,19)/t9-/m1/s1. The number of aliphatic hydroxyl groups excluding tert-OH is 1. The maximum Gasteiger partial charge on any atom is 0.326 e. The fraction of sp³-hybridized carbons (Fsp3) is 0.333. The van der Waals surface area contributed by atoms with Crippen LogP contribution in [-0.2, 0) is 4.79 Å². The van der Waals surface area contributed by atoms with Crippen LogP contribution in [0, 0.1) is 0 Å². The Morgan fingerprint density at radius 3 is 2.70 bits per heavy atom. The van der Waals surface area contributed by atoms with Gasteiger partial charge in [0.25, 0.3) is 0 Å². The summed E-state index contributed by atoms with van der Waals surface area (Å²) in [4.78, 5) is 22.5. The highest BCUT2D eigenvalue weighted by Gasteiger charge is 2.19. The number of hydrogen-bond acceptors (Lipinski definition) is 4. The molecule has 4 N–H and O–H groups in total. The number of benzene rings is 1. The van der Waals surface area contributed by atoms with Crippen LogP contribution >= 0.6 is 11.6 Å². The lowest BCUT2D eigenvalue weighted by molar-refractivity contribution is -0.139. The van der Waals surface area contributed by atoms with Crippen LogP contribution in [0.3, 0.4) is 0 Å². The van der Waals surface area contributed by atoms with Crippen LogP contribution in [0.25, 0.3) is 0 Å². The van der Waals surface area contributed by atoms with E-state index in [1.54, 1.807) is 12.1 Å². The van der Waals surface area contributed by atoms with Gasteiger partial charge in [0.2, 0.25) is 0 Å². The third kappa shape index (κ3) is 4.60. The molecule has 1 rings (SSSR count). The van der Waals surface area contributed by atoms with E-state index in [0.29, 0.717) is 5.75 Å². The first-order valence-corrected chi connectivity index (χ1v) is 6.10. The average Bonchev–Trinajstić information content (AvgIpc) is 2.40. The highest BCUT2D eigenvalue weighted by Crippen LogP contribution is 2.26. The molecule has 0 aromatic heterocycles. The third-order valence-electron chi connectivity index (χ3n) is 2.44. The number of urea groups is 1. The fourth-order valence-corrected chi connectivity index (χ4v) is 1.60. The van der Waals surface area contributed by atoms with Crippen molar-refractivity contribution in [2.24, 2.45) is 0 Å². The van der Waals surface area contributed by atoms with Crippen molar-refractivity contribution in [3.05, 3.63) is 23.2 Å². The minimum absolute atomic E-state index is 0.0887. The molecule has 0 fully saturated rings. The third-order valence-corrected chi connectivity index (χ3v) is 2.77. The van der Waals surface area contributed by atoms with Crippen LogP contribution in [0.4, 0.5) is 10.5 Å². The minimum Gasteiger partial charge on any atom is -0.497 e. The Kier molecular flexibility index (Phi) is 6.08. The molecule has 0 aliphatic heterocycles. The molecule has 8 heteroatoms. The van der Waals surface area contributed by atoms with Gasteiger partial charge >= 0.3 is 12.0 Å². The molecule has 0 saturated carbocycles. The highest BCUT2D eigenvalue weighted by molar-refractivity contribution is 6.33. The maximum atomic E-state index is 11.7. The Hall–Kier alpha value is -1.99. The molecule has 0 unspecified atom stereocenters. The van der Waals surface area contributed by atoms with Crippen molar-refractivity contribution >= 4 is 29.3 Å². The van der Waals surface area contributed by atoms with E-state index < -0.39 is 18.0 Å². The summed E-state index contributed by atoms with van der Waals surface area (Å²) in [6.07, 6.45) is -0.0887. The number of ether oxygens (including phenoxy) is 1. The molecule has 0 bridgehead atoms. The molecular weight excluding hydrogens is 288 g/mol. The van der Waals surface area contributed by atoms with E-state index in [2.05, 4.69) is 10.6 Å². The Balaban J connectivity index is 2.72. The number of halogens is 1. The molecule has 2 amide bonds. The van der Waals surface area contributed by atoms with Crippen LogP contribution in [0.15, 0.2) is 18.2 Å². The summed E-state index contributed by atoms with van der Waals surface area (Å²) >= 11 is 5.90. The van der Waals surface area contributed by atoms with Gasteiger partial charge < -0.3 is 25.6 Å². The molecule has 0 radical (unpaired) electrons. The number of carbonyl (C=O) groups excluding carboxylic acids is 1. The SMILES string of the molecule is COc1ccc(Cl)c(NC(=O)N[C@H](CCO)C(=O)O)c1. The van der Waals surface area contributed by atoms with Crippen molar-refractivity contribution in [3.8, 4) is 5.75 Å². The van der Waals surface area contributed by atoms with Gasteiger partial charge in [-0.25, -0.2) is 9.59 Å². The molecular formula is C12H15ClN2O5. The van der Waals surface area contributed by atoms with E-state index in [-0.39, 0.29) is 23.7 Å². The number of aliphatic carboxylic acids is 1. The lowest BCUT2D eigenvalue weighted by Crippen LogP contribution is -2.43. The second-order valence-corrected chi connectivity index (χ2v) is 4.25. The van der Waals surface area contributed by atoms with Gasteiger partial charge in [-0.2, -0.15) is 0 Å². The molecule has 0 saturated heterocycles. The van der Waals surface area contributed by atoms with Crippen LogP contribution in [-0.4, -0.2) is 42.0 Å². The van der Waals surface area contributed by atoms with Crippen molar-refractivity contribution in [3.63, 3.8) is 0 Å². The number of anilines is 1. The number of rotatable bonds is 6. The van der Waals surface area contributed by atoms with Crippen molar-refractivity contribution in [1.82, 2.24) is 5.32 Å². The van der Waals surface area contributed by atoms with Gasteiger partial charge in [0.05, 0.1) is 17.8 Å². The number of hydrogen-bond donors (Lipinski definition) is 4. The van der Waals surface area contributed by atoms with Crippen molar-refractivity contribution < 1.29 is 24.5 Å². The summed E-state index contributed by atoms with van der Waals surface area (Å²) in [5.41, 5.74) is 0.289. The number of carbonyl (C=O) groups is 2. The topological polar surface area (TPSA) is 108 Å². The molecule has 0 aliphatic carbocycles. The molecule has 7 nitrogen and oxygen atoms in total. The zero-order chi connectivity index (χ0) is 15.1. The largest absolute Gasteiger partial charge is 0.497 e. The summed E-state index contributed by atoms with van der Waals surface area (Å²) in [6.45, 7) is -0.350. The van der Waals surface area contributed by atoms with E-state index in [9.17, 15) is 9.59 Å². The normalized spacial score (nSPS) is 11.6. The van der Waals surface area contributed by atoms with Crippen molar-refractivity contribution in [2.75, 3.05) is 19.0 Å². The van der Waals surface area contributed by atoms with E-state index >= 15 is 0 Å². The number of methoxy groups -OCH3 is 1. The molecule has 20 heavy (non-hydrogen) atoms. The van der Waals surface area contributed by atoms with Gasteiger partial charge in [0, 0.05) is 19.1 Å². The van der Waals surface area contributed by atoms with E-state index in [1.807, 2.05) is 0 Å². The second-order valence-electron chi connectivity index (χ2n) is 3.85. The van der Waals surface area contributed by atoms with Gasteiger partial charge in [0.15, 0.2) is 0 Å². The number of aliphatic hydroxyl groups is 1. The first-order valence-electron chi connectivity index (χ1n) is 5.72. The second kappa shape index (κ2) is 7.56. The molecule has 1 atom stereocenters. The molecule has 0 spiro atoms. The van der Waals surface area contributed by atoms with E-state index in [1.165, 1.54) is 13.2 Å². The Labute approximate surface area is 120 Å². The van der Waals surface area contributed by atoms with E-state index in [0.717, 1.165) is 0 Å². The van der Waals surface area contributed by atoms with Crippen LogP contribution < -0.4 is 15.4 Å². The van der Waals surface area contributed by atoms with Crippen molar-refractivity contribution in [1.29, 1.82) is 0 Å². The van der Waals surface area contributed by atoms with Gasteiger partial charge in [-0.3, -0.25) is 0 Å². The number of carboxylic acids is 1. The number of nitrogens with one attached hydrogen (secondary N) is 2. The number of carboxylic acid groups (broad SMARTS) is 1. The summed E-state index contributed by atoms with van der Waals surface area (Å²) in [5.74, 6) is -0.735. The number of amides is 2. The van der Waals surface area contributed by atoms with E-state index in [4.69, 9.17) is 26.6 Å². The predicted octanol–water partition coefficient (Wildman–Crippen LogP) is 1.31. The van der Waals surface area contributed by atoms with Crippen LogP contribution in [0.5, 0.6) is 5.75 Å². The van der Waals surface area contributed by atoms with Crippen molar-refractivity contribution in [2.45, 2.75) is 12.5 Å². The summed E-state index contributed by atoms with van der Waals surface area (Å²) in [6, 6.07) is 2.75. The Morgan fingerprint density at radius 1 is 1.45 bits per heavy atom. The zero-order valence-corrected chi connectivity index (χ0v) is 11.5. The summed E-state index contributed by atoms with van der Waals surface area (Å²) < 4.78 is 4.99.